The molecule has 66 valence electrons. The summed E-state index contributed by atoms with van der Waals surface area (Å²) in [6, 6.07) is 0. The Morgan fingerprint density at radius 2 is 2.18 bits per heavy atom. The van der Waals surface area contributed by atoms with Gasteiger partial charge in [-0.25, -0.2) is 0 Å². The van der Waals surface area contributed by atoms with Gasteiger partial charge in [-0.1, -0.05) is 6.08 Å². The number of hydrogen-bond donors (Lipinski definition) is 2. The highest BCUT2D eigenvalue weighted by molar-refractivity contribution is 4.80. The number of hydrogen-bond acceptors (Lipinski definition) is 3. The number of aliphatic hydroxyl groups is 2. The highest BCUT2D eigenvalue weighted by Crippen LogP contribution is 2.13. The van der Waals surface area contributed by atoms with Gasteiger partial charge in [-0.3, -0.25) is 0 Å². The van der Waals surface area contributed by atoms with Gasteiger partial charge in [0, 0.05) is 0 Å². The first-order chi connectivity index (χ1) is 5.04. The molecule has 3 nitrogen and oxygen atoms in total. The van der Waals surface area contributed by atoms with Crippen LogP contribution in [0.3, 0.4) is 0 Å². The van der Waals surface area contributed by atoms with Gasteiger partial charge in [-0.05, 0) is 13.8 Å². The summed E-state index contributed by atoms with van der Waals surface area (Å²) < 4.78 is 5.20. The Morgan fingerprint density at radius 1 is 1.64 bits per heavy atom. The van der Waals surface area contributed by atoms with Crippen molar-refractivity contribution in [1.82, 2.24) is 0 Å². The lowest BCUT2D eigenvalue weighted by Crippen LogP contribution is -2.41. The molecule has 1 atom stereocenters. The van der Waals surface area contributed by atoms with Crippen LogP contribution in [0, 0.1) is 0 Å². The average Bonchev–Trinajstić information content (AvgIpc) is 1.99. The van der Waals surface area contributed by atoms with E-state index in [0.29, 0.717) is 6.61 Å². The van der Waals surface area contributed by atoms with E-state index in [0.717, 1.165) is 0 Å². The van der Waals surface area contributed by atoms with Crippen molar-refractivity contribution in [3.63, 3.8) is 0 Å². The molecule has 0 bridgehead atoms. The van der Waals surface area contributed by atoms with E-state index in [4.69, 9.17) is 9.84 Å². The van der Waals surface area contributed by atoms with E-state index in [1.165, 1.54) is 0 Å². The van der Waals surface area contributed by atoms with Gasteiger partial charge in [0.15, 0.2) is 0 Å². The summed E-state index contributed by atoms with van der Waals surface area (Å²) >= 11 is 0. The monoisotopic (exact) mass is 160 g/mol. The van der Waals surface area contributed by atoms with Crippen LogP contribution in [0.2, 0.25) is 0 Å². The molecular weight excluding hydrogens is 144 g/mol. The number of aliphatic hydroxyl groups excluding tert-OH is 2. The van der Waals surface area contributed by atoms with Crippen LogP contribution >= 0.6 is 0 Å². The van der Waals surface area contributed by atoms with Gasteiger partial charge >= 0.3 is 0 Å². The summed E-state index contributed by atoms with van der Waals surface area (Å²) in [5.74, 6) is 0. The second-order valence-corrected chi connectivity index (χ2v) is 2.90. The maximum absolute atomic E-state index is 9.20. The van der Waals surface area contributed by atoms with Crippen molar-refractivity contribution < 1.29 is 14.9 Å². The van der Waals surface area contributed by atoms with Crippen molar-refractivity contribution in [1.29, 1.82) is 0 Å². The lowest BCUT2D eigenvalue weighted by Gasteiger charge is -2.28. The lowest BCUT2D eigenvalue weighted by atomic mass is 10.0. The van der Waals surface area contributed by atoms with Crippen LogP contribution in [-0.2, 0) is 4.74 Å². The van der Waals surface area contributed by atoms with Crippen molar-refractivity contribution in [2.75, 3.05) is 13.2 Å². The molecule has 0 aliphatic heterocycles. The van der Waals surface area contributed by atoms with E-state index in [9.17, 15) is 5.11 Å². The third kappa shape index (κ3) is 3.51. The van der Waals surface area contributed by atoms with Crippen LogP contribution in [-0.4, -0.2) is 35.1 Å². The zero-order valence-electron chi connectivity index (χ0n) is 7.08. The Balaban J connectivity index is 3.86. The van der Waals surface area contributed by atoms with E-state index < -0.39 is 11.7 Å². The van der Waals surface area contributed by atoms with Crippen LogP contribution in [0.5, 0.6) is 0 Å². The summed E-state index contributed by atoms with van der Waals surface area (Å²) in [6.07, 6.45) is 0.758. The minimum Gasteiger partial charge on any atom is -0.394 e. The molecule has 2 N–H and O–H groups in total. The van der Waals surface area contributed by atoms with Crippen molar-refractivity contribution >= 4 is 0 Å². The molecule has 0 saturated carbocycles. The Hall–Kier alpha value is -0.380. The van der Waals surface area contributed by atoms with E-state index in [1.807, 2.05) is 0 Å². The molecule has 0 aliphatic carbocycles. The highest BCUT2D eigenvalue weighted by atomic mass is 16.5. The molecule has 0 heterocycles. The van der Waals surface area contributed by atoms with Gasteiger partial charge < -0.3 is 14.9 Å². The van der Waals surface area contributed by atoms with Gasteiger partial charge in [0.05, 0.1) is 18.8 Å². The summed E-state index contributed by atoms with van der Waals surface area (Å²) in [5, 5.41) is 17.8. The maximum atomic E-state index is 9.20. The predicted octanol–water partition coefficient (Wildman–Crippen LogP) is 0.321. The molecule has 0 aliphatic rings. The Morgan fingerprint density at radius 3 is 2.55 bits per heavy atom. The minimum atomic E-state index is -0.845. The fourth-order valence-electron chi connectivity index (χ4n) is 0.590. The van der Waals surface area contributed by atoms with Gasteiger partial charge in [0.25, 0.3) is 0 Å². The van der Waals surface area contributed by atoms with Crippen molar-refractivity contribution in [2.45, 2.75) is 25.6 Å². The fraction of sp³-hybridized carbons (Fsp3) is 0.750. The quantitative estimate of drug-likeness (QED) is 0.569. The van der Waals surface area contributed by atoms with Crippen LogP contribution in [0.15, 0.2) is 12.7 Å². The molecule has 0 aromatic rings. The third-order valence-electron chi connectivity index (χ3n) is 1.55. The third-order valence-corrected chi connectivity index (χ3v) is 1.55. The molecule has 0 amide bonds. The molecule has 0 spiro atoms. The van der Waals surface area contributed by atoms with Crippen LogP contribution in [0.25, 0.3) is 0 Å². The average molecular weight is 160 g/mol. The predicted molar refractivity (Wildman–Crippen MR) is 43.3 cm³/mol. The second-order valence-electron chi connectivity index (χ2n) is 2.90. The van der Waals surface area contributed by atoms with Crippen molar-refractivity contribution in [2.24, 2.45) is 0 Å². The largest absolute Gasteiger partial charge is 0.394 e. The highest BCUT2D eigenvalue weighted by Gasteiger charge is 2.27. The molecule has 0 fully saturated rings. The minimum absolute atomic E-state index is 0.288. The summed E-state index contributed by atoms with van der Waals surface area (Å²) in [4.78, 5) is 0. The van der Waals surface area contributed by atoms with E-state index in [-0.39, 0.29) is 6.61 Å². The van der Waals surface area contributed by atoms with Crippen LogP contribution in [0.4, 0.5) is 0 Å². The molecular formula is C8H16O3. The second kappa shape index (κ2) is 4.49. The maximum Gasteiger partial charge on any atom is 0.105 e. The zero-order valence-corrected chi connectivity index (χ0v) is 7.08. The van der Waals surface area contributed by atoms with E-state index in [1.54, 1.807) is 19.9 Å². The molecule has 0 aromatic carbocycles. The Bertz CT molecular complexity index is 121. The fourth-order valence-corrected chi connectivity index (χ4v) is 0.590. The molecule has 0 rings (SSSR count). The van der Waals surface area contributed by atoms with Gasteiger partial charge in [-0.2, -0.15) is 0 Å². The Kier molecular flexibility index (Phi) is 4.33. The first kappa shape index (κ1) is 10.6. The standard InChI is InChI=1S/C8H16O3/c1-4-5-11-8(2,3)7(10)6-9/h4,7,9-10H,1,5-6H2,2-3H3. The van der Waals surface area contributed by atoms with Gasteiger partial charge in [0.1, 0.15) is 6.10 Å². The van der Waals surface area contributed by atoms with E-state index in [2.05, 4.69) is 6.58 Å². The van der Waals surface area contributed by atoms with Crippen molar-refractivity contribution in [3.8, 4) is 0 Å². The zero-order chi connectivity index (χ0) is 8.91. The summed E-state index contributed by atoms with van der Waals surface area (Å²) in [7, 11) is 0. The molecule has 3 heteroatoms. The number of ether oxygens (including phenoxy) is 1. The summed E-state index contributed by atoms with van der Waals surface area (Å²) in [6.45, 7) is 7.01. The first-order valence-electron chi connectivity index (χ1n) is 3.58. The molecule has 0 aromatic heterocycles. The number of rotatable bonds is 5. The van der Waals surface area contributed by atoms with E-state index >= 15 is 0 Å². The Labute approximate surface area is 67.3 Å². The van der Waals surface area contributed by atoms with Crippen molar-refractivity contribution in [3.05, 3.63) is 12.7 Å². The normalized spacial score (nSPS) is 14.5. The lowest BCUT2D eigenvalue weighted by molar-refractivity contribution is -0.107. The topological polar surface area (TPSA) is 49.7 Å². The van der Waals surface area contributed by atoms with Gasteiger partial charge in [-0.15, -0.1) is 6.58 Å². The molecule has 1 unspecified atom stereocenters. The molecule has 0 saturated heterocycles. The first-order valence-corrected chi connectivity index (χ1v) is 3.58. The SMILES string of the molecule is C=CCOC(C)(C)C(O)CO. The molecule has 11 heavy (non-hydrogen) atoms. The summed E-state index contributed by atoms with van der Waals surface area (Å²) in [5.41, 5.74) is -0.705. The smallest absolute Gasteiger partial charge is 0.105 e. The molecule has 0 radical (unpaired) electrons. The van der Waals surface area contributed by atoms with Gasteiger partial charge in [0.2, 0.25) is 0 Å². The van der Waals surface area contributed by atoms with Crippen LogP contribution < -0.4 is 0 Å². The van der Waals surface area contributed by atoms with Crippen LogP contribution in [0.1, 0.15) is 13.8 Å².